The highest BCUT2D eigenvalue weighted by Crippen LogP contribution is 2.69. The zero-order valence-corrected chi connectivity index (χ0v) is 26.3. The fraction of sp³-hybridized carbons (Fsp3) is 0.562. The number of rotatable bonds is 8. The van der Waals surface area contributed by atoms with Crippen LogP contribution in [0.5, 0.6) is 0 Å². The zero-order chi connectivity index (χ0) is 33.7. The molecule has 2 aromatic heterocycles. The number of carbonyl (C=O) groups excluding carboxylic acids is 5. The van der Waals surface area contributed by atoms with E-state index in [0.717, 1.165) is 13.8 Å². The van der Waals surface area contributed by atoms with E-state index in [1.165, 1.54) is 57.0 Å². The Balaban J connectivity index is 1.81. The Labute approximate surface area is 264 Å². The van der Waals surface area contributed by atoms with Crippen molar-refractivity contribution < 1.29 is 61.9 Å². The van der Waals surface area contributed by atoms with Gasteiger partial charge in [-0.15, -0.1) is 0 Å². The fourth-order valence-corrected chi connectivity index (χ4v) is 7.68. The van der Waals surface area contributed by atoms with Gasteiger partial charge in [0.1, 0.15) is 36.6 Å². The van der Waals surface area contributed by atoms with Crippen LogP contribution in [0.25, 0.3) is 0 Å². The fourth-order valence-electron chi connectivity index (χ4n) is 7.68. The van der Waals surface area contributed by atoms with E-state index in [1.807, 2.05) is 0 Å². The van der Waals surface area contributed by atoms with Gasteiger partial charge in [0.2, 0.25) is 0 Å². The number of hydrogen-bond acceptors (Lipinski definition) is 14. The molecule has 3 fully saturated rings. The van der Waals surface area contributed by atoms with Crippen LogP contribution in [0.4, 0.5) is 0 Å². The van der Waals surface area contributed by atoms with E-state index in [4.69, 9.17) is 32.8 Å². The van der Waals surface area contributed by atoms with Gasteiger partial charge >= 0.3 is 29.8 Å². The third-order valence-electron chi connectivity index (χ3n) is 9.32. The molecule has 2 saturated carbocycles. The number of ether oxygens (including phenoxy) is 6. The maximum Gasteiger partial charge on any atom is 0.341 e. The molecule has 8 atom stereocenters. The normalized spacial score (nSPS) is 34.0. The second-order valence-corrected chi connectivity index (χ2v) is 12.7. The van der Waals surface area contributed by atoms with Gasteiger partial charge in [-0.1, -0.05) is 0 Å². The van der Waals surface area contributed by atoms with Gasteiger partial charge in [0, 0.05) is 45.5 Å². The molecule has 2 aromatic rings. The van der Waals surface area contributed by atoms with Crippen LogP contribution in [0.15, 0.2) is 47.5 Å². The van der Waals surface area contributed by atoms with Crippen molar-refractivity contribution in [2.75, 3.05) is 6.61 Å². The Bertz CT molecular complexity index is 1500. The average Bonchev–Trinajstić information content (AvgIpc) is 3.56. The molecule has 1 aliphatic heterocycles. The minimum absolute atomic E-state index is 0.0305. The van der Waals surface area contributed by atoms with Crippen molar-refractivity contribution in [2.24, 2.45) is 11.3 Å². The Hall–Kier alpha value is -4.30. The SMILES string of the molecule is CC(=O)OC[C@]12[C@@H](OC(=O)c3ccoc3)C[C@@H]3[C@@H](OC(C)=O)[C@]1(OC3(C)C)[C@@](C)(O)C[C@H](OC(C)=O)[C@@H]2OC(=O)c1cccnc1. The molecule has 1 N–H and O–H groups in total. The third kappa shape index (κ3) is 5.32. The van der Waals surface area contributed by atoms with E-state index in [-0.39, 0.29) is 24.0 Å². The van der Waals surface area contributed by atoms with Gasteiger partial charge < -0.3 is 37.9 Å². The van der Waals surface area contributed by atoms with E-state index < -0.39 is 89.0 Å². The Morgan fingerprint density at radius 3 is 2.20 bits per heavy atom. The van der Waals surface area contributed by atoms with Crippen molar-refractivity contribution in [1.82, 2.24) is 4.98 Å². The molecular formula is C32H37NO13. The first-order chi connectivity index (χ1) is 21.6. The Morgan fingerprint density at radius 1 is 0.913 bits per heavy atom. The summed E-state index contributed by atoms with van der Waals surface area (Å²) in [6.07, 6.45) is -0.819. The molecule has 3 heterocycles. The highest BCUT2D eigenvalue weighted by Gasteiger charge is 2.86. The molecule has 14 nitrogen and oxygen atoms in total. The van der Waals surface area contributed by atoms with E-state index in [2.05, 4.69) is 4.98 Å². The van der Waals surface area contributed by atoms with Crippen molar-refractivity contribution in [1.29, 1.82) is 0 Å². The van der Waals surface area contributed by atoms with Crippen LogP contribution in [0.2, 0.25) is 0 Å². The summed E-state index contributed by atoms with van der Waals surface area (Å²) in [7, 11) is 0. The predicted octanol–water partition coefficient (Wildman–Crippen LogP) is 2.56. The molecule has 0 radical (unpaired) electrons. The molecule has 2 aliphatic carbocycles. The quantitative estimate of drug-likeness (QED) is 0.327. The van der Waals surface area contributed by atoms with Crippen molar-refractivity contribution in [3.63, 3.8) is 0 Å². The topological polar surface area (TPSA) is 187 Å². The number of hydrogen-bond donors (Lipinski definition) is 1. The van der Waals surface area contributed by atoms with Gasteiger partial charge in [-0.2, -0.15) is 0 Å². The van der Waals surface area contributed by atoms with E-state index in [9.17, 15) is 29.1 Å². The molecule has 1 saturated heterocycles. The van der Waals surface area contributed by atoms with E-state index in [1.54, 1.807) is 13.8 Å². The van der Waals surface area contributed by atoms with Crippen molar-refractivity contribution >= 4 is 29.8 Å². The lowest BCUT2D eigenvalue weighted by molar-refractivity contribution is -0.354. The summed E-state index contributed by atoms with van der Waals surface area (Å²) >= 11 is 0. The standard InChI is InChI=1S/C32H37NO13/c1-17(34)41-16-31-24(44-28(38)21-9-11-40-15-21)12-22-25(43-19(3)36)32(31,46-29(22,4)5)30(6,39)13-23(42-18(2)35)26(31)45-27(37)20-8-7-10-33-14-20/h7-11,14-15,22-26,39H,12-13,16H2,1-6H3/t22-,23+,24+,25-,26+,30+,31-,32+/m1/s1. The summed E-state index contributed by atoms with van der Waals surface area (Å²) in [4.78, 5) is 69.0. The molecule has 1 spiro atoms. The molecule has 2 bridgehead atoms. The highest BCUT2D eigenvalue weighted by molar-refractivity contribution is 5.90. The van der Waals surface area contributed by atoms with Crippen LogP contribution in [0.1, 0.15) is 75.1 Å². The average molecular weight is 644 g/mol. The lowest BCUT2D eigenvalue weighted by Gasteiger charge is -2.65. The van der Waals surface area contributed by atoms with Crippen molar-refractivity contribution in [3.8, 4) is 0 Å². The maximum absolute atomic E-state index is 13.7. The van der Waals surface area contributed by atoms with Gasteiger partial charge in [-0.3, -0.25) is 19.4 Å². The minimum atomic E-state index is -2.06. The van der Waals surface area contributed by atoms with Crippen LogP contribution in [-0.4, -0.2) is 87.8 Å². The molecule has 0 aromatic carbocycles. The number of esters is 5. The summed E-state index contributed by atoms with van der Waals surface area (Å²) in [6, 6.07) is 4.35. The summed E-state index contributed by atoms with van der Waals surface area (Å²) in [5.74, 6) is -4.67. The number of nitrogens with zero attached hydrogens (tertiary/aromatic N) is 1. The van der Waals surface area contributed by atoms with Gasteiger partial charge in [0.05, 0.1) is 28.6 Å². The Morgan fingerprint density at radius 2 is 1.61 bits per heavy atom. The summed E-state index contributed by atoms with van der Waals surface area (Å²) < 4.78 is 41.5. The Kier molecular flexibility index (Phi) is 8.49. The van der Waals surface area contributed by atoms with Crippen LogP contribution >= 0.6 is 0 Å². The molecule has 3 aliphatic rings. The lowest BCUT2D eigenvalue weighted by atomic mass is 9.46. The summed E-state index contributed by atoms with van der Waals surface area (Å²) in [6.45, 7) is 7.66. The molecular weight excluding hydrogens is 606 g/mol. The molecule has 14 heteroatoms. The molecule has 5 rings (SSSR count). The molecule has 248 valence electrons. The maximum atomic E-state index is 13.7. The lowest BCUT2D eigenvalue weighted by Crippen LogP contribution is -2.83. The van der Waals surface area contributed by atoms with Gasteiger partial charge in [-0.25, -0.2) is 9.59 Å². The first-order valence-corrected chi connectivity index (χ1v) is 14.8. The van der Waals surface area contributed by atoms with Crippen LogP contribution < -0.4 is 0 Å². The monoisotopic (exact) mass is 643 g/mol. The zero-order valence-electron chi connectivity index (χ0n) is 26.3. The largest absolute Gasteiger partial charge is 0.472 e. The van der Waals surface area contributed by atoms with Crippen LogP contribution in [-0.2, 0) is 42.8 Å². The first-order valence-electron chi connectivity index (χ1n) is 14.8. The second-order valence-electron chi connectivity index (χ2n) is 12.7. The van der Waals surface area contributed by atoms with Crippen molar-refractivity contribution in [2.45, 2.75) is 95.6 Å². The van der Waals surface area contributed by atoms with Crippen LogP contribution in [0.3, 0.4) is 0 Å². The summed E-state index contributed by atoms with van der Waals surface area (Å²) in [5.41, 5.74) is -7.21. The molecule has 0 unspecified atom stereocenters. The molecule has 0 amide bonds. The second kappa shape index (κ2) is 11.8. The van der Waals surface area contributed by atoms with Crippen molar-refractivity contribution in [3.05, 3.63) is 54.2 Å². The van der Waals surface area contributed by atoms with Gasteiger partial charge in [-0.05, 0) is 45.4 Å². The van der Waals surface area contributed by atoms with Gasteiger partial charge in [0.25, 0.3) is 0 Å². The number of aliphatic hydroxyl groups is 1. The smallest absolute Gasteiger partial charge is 0.341 e. The minimum Gasteiger partial charge on any atom is -0.472 e. The molecule has 46 heavy (non-hydrogen) atoms. The van der Waals surface area contributed by atoms with Crippen LogP contribution in [0, 0.1) is 11.3 Å². The number of fused-ring (bicyclic) bond motifs is 1. The van der Waals surface area contributed by atoms with E-state index >= 15 is 0 Å². The van der Waals surface area contributed by atoms with E-state index in [0.29, 0.717) is 0 Å². The first kappa shape index (κ1) is 33.1. The number of carbonyl (C=O) groups is 5. The summed E-state index contributed by atoms with van der Waals surface area (Å²) in [5, 5.41) is 12.5. The number of pyridine rings is 1. The predicted molar refractivity (Wildman–Crippen MR) is 153 cm³/mol. The number of furan rings is 1. The van der Waals surface area contributed by atoms with Gasteiger partial charge in [0.15, 0.2) is 11.7 Å². The highest BCUT2D eigenvalue weighted by atomic mass is 16.6. The third-order valence-corrected chi connectivity index (χ3v) is 9.32. The number of aromatic nitrogens is 1.